The predicted octanol–water partition coefficient (Wildman–Crippen LogP) is 3.91. The van der Waals surface area contributed by atoms with Crippen LogP contribution in [0.3, 0.4) is 0 Å². The molecule has 0 radical (unpaired) electrons. The number of piperidine rings is 1. The first-order valence-electron chi connectivity index (χ1n) is 10.6. The summed E-state index contributed by atoms with van der Waals surface area (Å²) in [6.07, 6.45) is 4.58. The van der Waals surface area contributed by atoms with Crippen molar-refractivity contribution < 1.29 is 14.3 Å². The predicted molar refractivity (Wildman–Crippen MR) is 126 cm³/mol. The molecule has 1 atom stereocenters. The zero-order chi connectivity index (χ0) is 21.6. The van der Waals surface area contributed by atoms with Gasteiger partial charge in [0.25, 0.3) is 0 Å². The van der Waals surface area contributed by atoms with Gasteiger partial charge in [-0.1, -0.05) is 24.3 Å². The third kappa shape index (κ3) is 5.68. The SMILES string of the molecule is COc1ccc2cc([C@H](C)C(=O)OCCN(C)CC3(SC)CCNCC3)ccc2c1. The molecule has 1 heterocycles. The average Bonchev–Trinajstić information content (AvgIpc) is 2.78. The van der Waals surface area contributed by atoms with Gasteiger partial charge in [-0.3, -0.25) is 4.79 Å². The molecule has 0 aliphatic carbocycles. The Kier molecular flexibility index (Phi) is 8.03. The Bertz CT molecular complexity index is 851. The maximum absolute atomic E-state index is 12.6. The van der Waals surface area contributed by atoms with Gasteiger partial charge >= 0.3 is 5.97 Å². The molecule has 1 aliphatic heterocycles. The number of hydrogen-bond acceptors (Lipinski definition) is 6. The molecular weight excluding hydrogens is 396 g/mol. The number of nitrogens with zero attached hydrogens (tertiary/aromatic N) is 1. The Morgan fingerprint density at radius 2 is 1.90 bits per heavy atom. The zero-order valence-electron chi connectivity index (χ0n) is 18.6. The van der Waals surface area contributed by atoms with Crippen molar-refractivity contribution in [3.63, 3.8) is 0 Å². The molecule has 0 unspecified atom stereocenters. The molecule has 3 rings (SSSR count). The van der Waals surface area contributed by atoms with Crippen molar-refractivity contribution in [3.05, 3.63) is 42.0 Å². The lowest BCUT2D eigenvalue weighted by atomic mass is 9.96. The molecule has 1 N–H and O–H groups in total. The number of carbonyl (C=O) groups excluding carboxylic acids is 1. The van der Waals surface area contributed by atoms with E-state index in [1.165, 1.54) is 12.8 Å². The topological polar surface area (TPSA) is 50.8 Å². The smallest absolute Gasteiger partial charge is 0.313 e. The van der Waals surface area contributed by atoms with E-state index < -0.39 is 0 Å². The highest BCUT2D eigenvalue weighted by atomic mass is 32.2. The number of benzene rings is 2. The lowest BCUT2D eigenvalue weighted by molar-refractivity contribution is -0.145. The van der Waals surface area contributed by atoms with Gasteiger partial charge in [-0.2, -0.15) is 11.8 Å². The molecule has 0 aromatic heterocycles. The zero-order valence-corrected chi connectivity index (χ0v) is 19.4. The number of likely N-dealkylation sites (N-methyl/N-ethyl adjacent to an activating group) is 1. The van der Waals surface area contributed by atoms with Gasteiger partial charge in [-0.25, -0.2) is 0 Å². The number of thioether (sulfide) groups is 1. The number of methoxy groups -OCH3 is 1. The molecule has 1 saturated heterocycles. The van der Waals surface area contributed by atoms with Crippen molar-refractivity contribution >= 4 is 28.5 Å². The van der Waals surface area contributed by atoms with Crippen LogP contribution in [0.2, 0.25) is 0 Å². The van der Waals surface area contributed by atoms with Crippen LogP contribution in [0.15, 0.2) is 36.4 Å². The van der Waals surface area contributed by atoms with Crippen LogP contribution >= 0.6 is 11.8 Å². The lowest BCUT2D eigenvalue weighted by Crippen LogP contribution is -2.47. The van der Waals surface area contributed by atoms with Crippen LogP contribution in [0.4, 0.5) is 0 Å². The standard InChI is InChI=1S/C24H34N2O3S/c1-18(19-5-6-21-16-22(28-3)8-7-20(21)15-19)23(27)29-14-13-26(2)17-24(30-4)9-11-25-12-10-24/h5-8,15-16,18,25H,9-14,17H2,1-4H3/t18-/m0/s1. The number of esters is 1. The van der Waals surface area contributed by atoms with E-state index in [0.717, 1.165) is 48.3 Å². The molecular formula is C24H34N2O3S. The minimum Gasteiger partial charge on any atom is -0.497 e. The number of ether oxygens (including phenoxy) is 2. The van der Waals surface area contributed by atoms with Crippen molar-refractivity contribution in [1.82, 2.24) is 10.2 Å². The number of nitrogens with one attached hydrogen (secondary N) is 1. The highest BCUT2D eigenvalue weighted by Gasteiger charge is 2.32. The lowest BCUT2D eigenvalue weighted by Gasteiger charge is -2.39. The third-order valence-electron chi connectivity index (χ3n) is 6.15. The fraction of sp³-hybridized carbons (Fsp3) is 0.542. The summed E-state index contributed by atoms with van der Waals surface area (Å²) in [7, 11) is 3.78. The molecule has 2 aromatic rings. The van der Waals surface area contributed by atoms with E-state index in [4.69, 9.17) is 9.47 Å². The quantitative estimate of drug-likeness (QED) is 0.609. The fourth-order valence-electron chi connectivity index (χ4n) is 4.08. The summed E-state index contributed by atoms with van der Waals surface area (Å²) in [5, 5.41) is 5.64. The van der Waals surface area contributed by atoms with Crippen LogP contribution in [0.5, 0.6) is 5.75 Å². The molecule has 0 spiro atoms. The summed E-state index contributed by atoms with van der Waals surface area (Å²) < 4.78 is 11.2. The normalized spacial score (nSPS) is 17.1. The van der Waals surface area contributed by atoms with Gasteiger partial charge in [0.1, 0.15) is 12.4 Å². The van der Waals surface area contributed by atoms with Crippen LogP contribution in [0, 0.1) is 0 Å². The third-order valence-corrected chi connectivity index (χ3v) is 7.55. The number of carbonyl (C=O) groups is 1. The highest BCUT2D eigenvalue weighted by molar-refractivity contribution is 8.00. The van der Waals surface area contributed by atoms with Gasteiger partial charge in [0.2, 0.25) is 0 Å². The summed E-state index contributed by atoms with van der Waals surface area (Å²) in [5.74, 6) is 0.376. The maximum Gasteiger partial charge on any atom is 0.313 e. The molecule has 2 aromatic carbocycles. The van der Waals surface area contributed by atoms with E-state index in [1.54, 1.807) is 7.11 Å². The van der Waals surface area contributed by atoms with E-state index in [-0.39, 0.29) is 11.9 Å². The van der Waals surface area contributed by atoms with Crippen molar-refractivity contribution in [2.24, 2.45) is 0 Å². The molecule has 6 heteroatoms. The average molecular weight is 431 g/mol. The van der Waals surface area contributed by atoms with E-state index >= 15 is 0 Å². The van der Waals surface area contributed by atoms with Gasteiger partial charge in [0.15, 0.2) is 0 Å². The Balaban J connectivity index is 1.51. The molecule has 0 bridgehead atoms. The second-order valence-corrected chi connectivity index (χ2v) is 9.51. The Hall–Kier alpha value is -1.76. The van der Waals surface area contributed by atoms with Crippen molar-refractivity contribution in [2.75, 3.05) is 53.2 Å². The first-order valence-corrected chi connectivity index (χ1v) is 11.9. The van der Waals surface area contributed by atoms with Crippen molar-refractivity contribution in [3.8, 4) is 5.75 Å². The molecule has 1 fully saturated rings. The highest BCUT2D eigenvalue weighted by Crippen LogP contribution is 2.33. The van der Waals surface area contributed by atoms with Crippen LogP contribution < -0.4 is 10.1 Å². The molecule has 30 heavy (non-hydrogen) atoms. The van der Waals surface area contributed by atoms with E-state index in [9.17, 15) is 4.79 Å². The van der Waals surface area contributed by atoms with Crippen molar-refractivity contribution in [1.29, 1.82) is 0 Å². The second kappa shape index (κ2) is 10.5. The number of rotatable bonds is 9. The minimum atomic E-state index is -0.288. The van der Waals surface area contributed by atoms with E-state index in [1.807, 2.05) is 49.0 Å². The molecule has 0 saturated carbocycles. The largest absolute Gasteiger partial charge is 0.497 e. The molecule has 0 amide bonds. The van der Waals surface area contributed by atoms with Gasteiger partial charge in [-0.15, -0.1) is 0 Å². The second-order valence-electron chi connectivity index (χ2n) is 8.24. The summed E-state index contributed by atoms with van der Waals surface area (Å²) in [6.45, 7) is 6.28. The Morgan fingerprint density at radius 1 is 1.20 bits per heavy atom. The molecule has 5 nitrogen and oxygen atoms in total. The van der Waals surface area contributed by atoms with Gasteiger partial charge in [0.05, 0.1) is 13.0 Å². The monoisotopic (exact) mass is 430 g/mol. The first kappa shape index (κ1) is 22.9. The maximum atomic E-state index is 12.6. The Labute approximate surface area is 184 Å². The molecule has 1 aliphatic rings. The van der Waals surface area contributed by atoms with Crippen molar-refractivity contribution in [2.45, 2.75) is 30.4 Å². The summed E-state index contributed by atoms with van der Waals surface area (Å²) in [4.78, 5) is 14.9. The molecule has 164 valence electrons. The van der Waals surface area contributed by atoms with Gasteiger partial charge in [-0.05, 0) is 74.6 Å². The summed E-state index contributed by atoms with van der Waals surface area (Å²) in [6, 6.07) is 12.1. The summed E-state index contributed by atoms with van der Waals surface area (Å²) in [5.41, 5.74) is 0.974. The van der Waals surface area contributed by atoms with Crippen LogP contribution in [0.25, 0.3) is 10.8 Å². The number of fused-ring (bicyclic) bond motifs is 1. The number of hydrogen-bond donors (Lipinski definition) is 1. The summed E-state index contributed by atoms with van der Waals surface area (Å²) >= 11 is 1.97. The van der Waals surface area contributed by atoms with E-state index in [0.29, 0.717) is 11.4 Å². The van der Waals surface area contributed by atoms with Crippen LogP contribution in [0.1, 0.15) is 31.2 Å². The van der Waals surface area contributed by atoms with Crippen LogP contribution in [-0.2, 0) is 9.53 Å². The minimum absolute atomic E-state index is 0.169. The van der Waals surface area contributed by atoms with Gasteiger partial charge < -0.3 is 19.7 Å². The van der Waals surface area contributed by atoms with E-state index in [2.05, 4.69) is 29.6 Å². The van der Waals surface area contributed by atoms with Crippen LogP contribution in [-0.4, -0.2) is 68.8 Å². The Morgan fingerprint density at radius 3 is 2.60 bits per heavy atom. The fourth-order valence-corrected chi connectivity index (χ4v) is 5.04. The first-order chi connectivity index (χ1) is 14.5. The van der Waals surface area contributed by atoms with Gasteiger partial charge in [0, 0.05) is 17.8 Å².